The normalized spacial score (nSPS) is 14.2. The summed E-state index contributed by atoms with van der Waals surface area (Å²) < 4.78 is 12.5. The maximum Gasteiger partial charge on any atom is 0.276 e. The van der Waals surface area contributed by atoms with Crippen LogP contribution in [0.5, 0.6) is 5.75 Å². The van der Waals surface area contributed by atoms with Gasteiger partial charge in [-0.1, -0.05) is 12.5 Å². The van der Waals surface area contributed by atoms with Crippen molar-refractivity contribution in [3.05, 3.63) is 111 Å². The highest BCUT2D eigenvalue weighted by atomic mass is 16.5. The zero-order chi connectivity index (χ0) is 56.4. The maximum atomic E-state index is 13.8. The molecule has 7 aromatic rings. The molecule has 0 spiro atoms. The molecular formula is C54H59N15O10. The Balaban J connectivity index is 0.738. The standard InChI is InChI=1S/C54H59N15O10/c1-7-67-45(49(75)61-54-57-35-26-31(46(55)72)16-18-37(35)66(54)6)33(30(3)63-67)13-9-8-10-24-68-40(25-29(2)62-68)48(74)60-53-58-36-27-32(17-19-38(36)65(53)5)50(76)64(4)23-12-22-56-43(71)28-79-41-15-11-14-34-44(41)52(78)69(51(34)77)39-20-21-42(70)59-47(39)73/h11,14-19,25-27,39H,7-10,12-13,20-24,28H2,1-6H3,(H2,55,72)(H,56,71)(H,57,61,75)(H,58,60,74)(H,59,70,73). The molecule has 410 valence electrons. The fourth-order valence-corrected chi connectivity index (χ4v) is 9.94. The lowest BCUT2D eigenvalue weighted by molar-refractivity contribution is -0.136. The third-order valence-corrected chi connectivity index (χ3v) is 14.1. The van der Waals surface area contributed by atoms with E-state index in [1.807, 2.05) is 20.8 Å². The number of primary amides is 1. The number of aryl methyl sites for hydroxylation is 6. The Labute approximate surface area is 451 Å². The van der Waals surface area contributed by atoms with Crippen molar-refractivity contribution in [2.24, 2.45) is 19.8 Å². The fraction of sp³-hybridized carbons (Fsp3) is 0.352. The third-order valence-electron chi connectivity index (χ3n) is 14.1. The number of unbranched alkanes of at least 4 members (excludes halogenated alkanes) is 2. The van der Waals surface area contributed by atoms with Crippen LogP contribution in [0.1, 0.15) is 125 Å². The molecule has 25 nitrogen and oxygen atoms in total. The van der Waals surface area contributed by atoms with Gasteiger partial charge in [0.25, 0.3) is 35.4 Å². The molecule has 0 radical (unpaired) electrons. The number of imide groups is 2. The number of carbonyl (C=O) groups is 9. The highest BCUT2D eigenvalue weighted by Gasteiger charge is 2.46. The van der Waals surface area contributed by atoms with Crippen molar-refractivity contribution in [3.63, 3.8) is 0 Å². The number of benzene rings is 3. The largest absolute Gasteiger partial charge is 0.483 e. The minimum Gasteiger partial charge on any atom is -0.483 e. The topological polar surface area (TPSA) is 315 Å². The van der Waals surface area contributed by atoms with Gasteiger partial charge in [0.2, 0.25) is 29.6 Å². The first-order chi connectivity index (χ1) is 37.8. The van der Waals surface area contributed by atoms with Crippen LogP contribution in [0.3, 0.4) is 0 Å². The molecule has 0 aliphatic carbocycles. The average molecular weight is 1080 g/mol. The second-order valence-electron chi connectivity index (χ2n) is 19.4. The number of imidazole rings is 2. The molecule has 1 atom stereocenters. The van der Waals surface area contributed by atoms with E-state index in [0.29, 0.717) is 83.1 Å². The molecule has 79 heavy (non-hydrogen) atoms. The summed E-state index contributed by atoms with van der Waals surface area (Å²) in [4.78, 5) is 128. The highest BCUT2D eigenvalue weighted by Crippen LogP contribution is 2.34. The number of nitrogens with one attached hydrogen (secondary N) is 4. The van der Waals surface area contributed by atoms with Crippen molar-refractivity contribution in [1.29, 1.82) is 0 Å². The summed E-state index contributed by atoms with van der Waals surface area (Å²) in [5.74, 6) is -4.21. The van der Waals surface area contributed by atoms with Crippen molar-refractivity contribution in [3.8, 4) is 5.75 Å². The van der Waals surface area contributed by atoms with Gasteiger partial charge in [0, 0.05) is 70.4 Å². The Morgan fingerprint density at radius 3 is 2.18 bits per heavy atom. The number of fused-ring (bicyclic) bond motifs is 3. The number of anilines is 2. The van der Waals surface area contributed by atoms with E-state index in [0.717, 1.165) is 34.5 Å². The number of hydrogen-bond donors (Lipinski definition) is 5. The summed E-state index contributed by atoms with van der Waals surface area (Å²) in [6, 6.07) is 15.0. The first kappa shape index (κ1) is 54.2. The third kappa shape index (κ3) is 11.0. The van der Waals surface area contributed by atoms with Crippen LogP contribution in [0.15, 0.2) is 60.7 Å². The summed E-state index contributed by atoms with van der Waals surface area (Å²) in [6.07, 6.45) is 3.16. The monoisotopic (exact) mass is 1080 g/mol. The molecule has 0 saturated carbocycles. The summed E-state index contributed by atoms with van der Waals surface area (Å²) in [5, 5.41) is 20.0. The molecule has 2 aliphatic rings. The van der Waals surface area contributed by atoms with Gasteiger partial charge in [-0.15, -0.1) is 0 Å². The second-order valence-corrected chi connectivity index (χ2v) is 19.4. The van der Waals surface area contributed by atoms with Gasteiger partial charge in [0.1, 0.15) is 23.2 Å². The van der Waals surface area contributed by atoms with E-state index in [1.54, 1.807) is 82.1 Å². The van der Waals surface area contributed by atoms with Gasteiger partial charge < -0.3 is 29.8 Å². The zero-order valence-electron chi connectivity index (χ0n) is 44.5. The fourth-order valence-electron chi connectivity index (χ4n) is 9.94. The number of ether oxygens (including phenoxy) is 1. The minimum absolute atomic E-state index is 0.0000429. The lowest BCUT2D eigenvalue weighted by atomic mass is 10.0. The number of hydrogen-bond acceptors (Lipinski definition) is 14. The van der Waals surface area contributed by atoms with Gasteiger partial charge >= 0.3 is 0 Å². The Hall–Kier alpha value is -9.55. The number of piperidine rings is 1. The van der Waals surface area contributed by atoms with Gasteiger partial charge in [0.05, 0.1) is 44.6 Å². The summed E-state index contributed by atoms with van der Waals surface area (Å²) in [5.41, 5.74) is 11.6. The Kier molecular flexibility index (Phi) is 15.5. The molecule has 1 saturated heterocycles. The van der Waals surface area contributed by atoms with Crippen LogP contribution in [0.25, 0.3) is 22.1 Å². The molecule has 25 heteroatoms. The minimum atomic E-state index is -1.14. The van der Waals surface area contributed by atoms with Crippen LogP contribution in [0.4, 0.5) is 11.9 Å². The predicted octanol–water partition coefficient (Wildman–Crippen LogP) is 3.56. The second kappa shape index (κ2) is 22.6. The van der Waals surface area contributed by atoms with Gasteiger partial charge in [0.15, 0.2) is 6.61 Å². The maximum absolute atomic E-state index is 13.8. The number of amides is 9. The van der Waals surface area contributed by atoms with E-state index in [9.17, 15) is 43.2 Å². The van der Waals surface area contributed by atoms with Crippen molar-refractivity contribution >= 4 is 87.1 Å². The zero-order valence-corrected chi connectivity index (χ0v) is 44.5. The van der Waals surface area contributed by atoms with Gasteiger partial charge in [-0.2, -0.15) is 10.2 Å². The highest BCUT2D eigenvalue weighted by molar-refractivity contribution is 6.24. The van der Waals surface area contributed by atoms with E-state index < -0.39 is 54.0 Å². The summed E-state index contributed by atoms with van der Waals surface area (Å²) >= 11 is 0. The molecule has 1 unspecified atom stereocenters. The summed E-state index contributed by atoms with van der Waals surface area (Å²) in [7, 11) is 5.17. The van der Waals surface area contributed by atoms with Crippen LogP contribution in [-0.2, 0) is 48.0 Å². The SMILES string of the molecule is CCn1nc(C)c(CCCCCn2nc(C)cc2C(=O)Nc2nc3cc(C(=O)N(C)CCCNC(=O)COc4cccc5c4C(=O)N(C4CCC(=O)NC4=O)C5=O)ccc3n2C)c1C(=O)Nc1nc2cc(C(N)=O)ccc2n1C. The van der Waals surface area contributed by atoms with Crippen LogP contribution < -0.4 is 31.7 Å². The molecule has 6 heterocycles. The van der Waals surface area contributed by atoms with Crippen LogP contribution >= 0.6 is 0 Å². The number of carbonyl (C=O) groups excluding carboxylic acids is 9. The van der Waals surface area contributed by atoms with Crippen LogP contribution in [0.2, 0.25) is 0 Å². The molecule has 2 aliphatic heterocycles. The van der Waals surface area contributed by atoms with Crippen molar-refractivity contribution in [2.75, 3.05) is 37.4 Å². The molecule has 0 bridgehead atoms. The number of nitrogens with two attached hydrogens (primary N) is 1. The van der Waals surface area contributed by atoms with Gasteiger partial charge in [-0.25, -0.2) is 9.97 Å². The number of nitrogens with zero attached hydrogens (tertiary/aromatic N) is 10. The molecular weight excluding hydrogens is 1020 g/mol. The number of aromatic nitrogens is 8. The Morgan fingerprint density at radius 2 is 1.49 bits per heavy atom. The Morgan fingerprint density at radius 1 is 0.810 bits per heavy atom. The van der Waals surface area contributed by atoms with E-state index in [-0.39, 0.29) is 60.6 Å². The van der Waals surface area contributed by atoms with E-state index >= 15 is 0 Å². The quantitative estimate of drug-likeness (QED) is 0.0508. The van der Waals surface area contributed by atoms with Gasteiger partial charge in [-0.05, 0) is 107 Å². The number of rotatable bonds is 21. The molecule has 9 amide bonds. The molecule has 3 aromatic carbocycles. The summed E-state index contributed by atoms with van der Waals surface area (Å²) in [6.45, 7) is 6.56. The van der Waals surface area contributed by atoms with Gasteiger partial charge in [-0.3, -0.25) is 73.4 Å². The predicted molar refractivity (Wildman–Crippen MR) is 286 cm³/mol. The smallest absolute Gasteiger partial charge is 0.276 e. The van der Waals surface area contributed by atoms with E-state index in [1.165, 1.54) is 23.1 Å². The Bertz CT molecular complexity index is 3660. The molecule has 9 rings (SSSR count). The van der Waals surface area contributed by atoms with E-state index in [2.05, 4.69) is 41.4 Å². The first-order valence-corrected chi connectivity index (χ1v) is 25.8. The van der Waals surface area contributed by atoms with Crippen molar-refractivity contribution < 1.29 is 47.9 Å². The van der Waals surface area contributed by atoms with Crippen LogP contribution in [0, 0.1) is 13.8 Å². The lowest BCUT2D eigenvalue weighted by Crippen LogP contribution is -2.54. The lowest BCUT2D eigenvalue weighted by Gasteiger charge is -2.27. The van der Waals surface area contributed by atoms with Crippen molar-refractivity contribution in [2.45, 2.75) is 84.8 Å². The molecule has 4 aromatic heterocycles. The first-order valence-electron chi connectivity index (χ1n) is 25.8. The van der Waals surface area contributed by atoms with E-state index in [4.69, 9.17) is 10.5 Å². The van der Waals surface area contributed by atoms with Crippen molar-refractivity contribution in [1.82, 2.24) is 59.1 Å². The molecule has 1 fully saturated rings. The van der Waals surface area contributed by atoms with Crippen LogP contribution in [-0.4, -0.2) is 134 Å². The average Bonchev–Trinajstić information content (AvgIpc) is 4.34. The molecule has 6 N–H and O–H groups in total.